The van der Waals surface area contributed by atoms with Crippen molar-refractivity contribution in [3.05, 3.63) is 27.7 Å². The van der Waals surface area contributed by atoms with Crippen molar-refractivity contribution in [2.24, 2.45) is 0 Å². The predicted molar refractivity (Wildman–Crippen MR) is 83.4 cm³/mol. The minimum Gasteiger partial charge on any atom is -0.492 e. The number of nitrogens with one attached hydrogen (secondary N) is 1. The Kier molecular flexibility index (Phi) is 8.45. The van der Waals surface area contributed by atoms with E-state index in [0.717, 1.165) is 31.4 Å². The van der Waals surface area contributed by atoms with E-state index in [1.807, 2.05) is 6.07 Å². The van der Waals surface area contributed by atoms with Crippen LogP contribution in [-0.4, -0.2) is 13.2 Å². The van der Waals surface area contributed by atoms with E-state index in [0.29, 0.717) is 35.4 Å². The summed E-state index contributed by atoms with van der Waals surface area (Å²) in [6, 6.07) is 5.69. The molecule has 3 nitrogen and oxygen atoms in total. The Hall–Kier alpha value is -0.950. The highest BCUT2D eigenvalue weighted by atomic mass is 35.5. The van der Waals surface area contributed by atoms with Crippen LogP contribution >= 0.6 is 23.2 Å². The van der Waals surface area contributed by atoms with E-state index in [9.17, 15) is 0 Å². The molecular weight excluding hydrogens is 295 g/mol. The van der Waals surface area contributed by atoms with Crippen LogP contribution in [0.15, 0.2) is 12.1 Å². The van der Waals surface area contributed by atoms with Crippen LogP contribution in [0.1, 0.15) is 38.2 Å². The third kappa shape index (κ3) is 6.00. The summed E-state index contributed by atoms with van der Waals surface area (Å²) in [7, 11) is 0. The fraction of sp³-hybridized carbons (Fsp3) is 0.533. The van der Waals surface area contributed by atoms with Gasteiger partial charge in [0.05, 0.1) is 17.7 Å². The van der Waals surface area contributed by atoms with Crippen LogP contribution in [-0.2, 0) is 6.54 Å². The van der Waals surface area contributed by atoms with E-state index in [4.69, 9.17) is 33.2 Å². The zero-order valence-corrected chi connectivity index (χ0v) is 13.2. The first-order valence-corrected chi connectivity index (χ1v) is 7.63. The van der Waals surface area contributed by atoms with E-state index < -0.39 is 0 Å². The maximum Gasteiger partial charge on any atom is 0.142 e. The van der Waals surface area contributed by atoms with Gasteiger partial charge in [0, 0.05) is 23.6 Å². The topological polar surface area (TPSA) is 45.0 Å². The summed E-state index contributed by atoms with van der Waals surface area (Å²) in [6.07, 6.45) is 3.31. The third-order valence-corrected chi connectivity index (χ3v) is 3.26. The molecule has 1 N–H and O–H groups in total. The molecule has 0 unspecified atom stereocenters. The lowest BCUT2D eigenvalue weighted by Gasteiger charge is -2.14. The number of nitrogens with zero attached hydrogens (tertiary/aromatic N) is 1. The highest BCUT2D eigenvalue weighted by Crippen LogP contribution is 2.32. The van der Waals surface area contributed by atoms with Gasteiger partial charge in [-0.2, -0.15) is 5.26 Å². The van der Waals surface area contributed by atoms with Crippen LogP contribution in [0.3, 0.4) is 0 Å². The third-order valence-electron chi connectivity index (χ3n) is 2.76. The molecule has 0 bridgehead atoms. The molecule has 110 valence electrons. The number of ether oxygens (including phenoxy) is 1. The van der Waals surface area contributed by atoms with Gasteiger partial charge < -0.3 is 10.1 Å². The average Bonchev–Trinajstić information content (AvgIpc) is 2.41. The van der Waals surface area contributed by atoms with Gasteiger partial charge >= 0.3 is 0 Å². The second kappa shape index (κ2) is 9.88. The minimum atomic E-state index is 0.533. The second-order valence-corrected chi connectivity index (χ2v) is 5.36. The van der Waals surface area contributed by atoms with Crippen molar-refractivity contribution in [2.45, 2.75) is 39.2 Å². The molecule has 0 aliphatic rings. The molecule has 5 heteroatoms. The first kappa shape index (κ1) is 17.1. The van der Waals surface area contributed by atoms with Crippen molar-refractivity contribution in [2.75, 3.05) is 13.2 Å². The molecule has 0 aliphatic heterocycles. The van der Waals surface area contributed by atoms with Gasteiger partial charge in [0.1, 0.15) is 5.75 Å². The van der Waals surface area contributed by atoms with Crippen LogP contribution in [0.4, 0.5) is 0 Å². The van der Waals surface area contributed by atoms with Gasteiger partial charge in [-0.25, -0.2) is 0 Å². The summed E-state index contributed by atoms with van der Waals surface area (Å²) in [6.45, 7) is 4.29. The zero-order chi connectivity index (χ0) is 14.8. The Labute approximate surface area is 130 Å². The average molecular weight is 315 g/mol. The molecule has 20 heavy (non-hydrogen) atoms. The number of benzene rings is 1. The minimum absolute atomic E-state index is 0.533. The van der Waals surface area contributed by atoms with E-state index in [-0.39, 0.29) is 0 Å². The molecular formula is C15H20Cl2N2O. The fourth-order valence-electron chi connectivity index (χ4n) is 1.79. The molecule has 0 heterocycles. The largest absolute Gasteiger partial charge is 0.492 e. The van der Waals surface area contributed by atoms with E-state index in [1.165, 1.54) is 0 Å². The molecule has 0 atom stereocenters. The number of halogens is 2. The highest BCUT2D eigenvalue weighted by molar-refractivity contribution is 6.35. The Morgan fingerprint density at radius 2 is 2.10 bits per heavy atom. The van der Waals surface area contributed by atoms with E-state index in [2.05, 4.69) is 18.3 Å². The van der Waals surface area contributed by atoms with Gasteiger partial charge in [-0.3, -0.25) is 0 Å². The van der Waals surface area contributed by atoms with Gasteiger partial charge in [-0.1, -0.05) is 30.1 Å². The molecule has 0 saturated heterocycles. The second-order valence-electron chi connectivity index (χ2n) is 4.52. The monoisotopic (exact) mass is 314 g/mol. The van der Waals surface area contributed by atoms with Gasteiger partial charge in [-0.05, 0) is 37.9 Å². The number of hydrogen-bond acceptors (Lipinski definition) is 3. The molecule has 0 saturated carbocycles. The standard InChI is InChI=1S/C15H20Cl2N2O/c1-2-7-19-11-12-9-13(16)10-14(17)15(12)20-8-5-3-4-6-18/h9-10,19H,2-5,7-8,11H2,1H3. The van der Waals surface area contributed by atoms with Crippen LogP contribution in [0.5, 0.6) is 5.75 Å². The van der Waals surface area contributed by atoms with Crippen LogP contribution in [0.2, 0.25) is 10.0 Å². The van der Waals surface area contributed by atoms with Crippen molar-refractivity contribution in [1.29, 1.82) is 5.26 Å². The summed E-state index contributed by atoms with van der Waals surface area (Å²) in [5.41, 5.74) is 0.969. The summed E-state index contributed by atoms with van der Waals surface area (Å²) in [4.78, 5) is 0. The van der Waals surface area contributed by atoms with Gasteiger partial charge in [0.15, 0.2) is 0 Å². The molecule has 0 radical (unpaired) electrons. The first-order chi connectivity index (χ1) is 9.69. The highest BCUT2D eigenvalue weighted by Gasteiger charge is 2.10. The van der Waals surface area contributed by atoms with Gasteiger partial charge in [0.25, 0.3) is 0 Å². The molecule has 0 aromatic heterocycles. The van der Waals surface area contributed by atoms with Crippen molar-refractivity contribution in [3.63, 3.8) is 0 Å². The lowest BCUT2D eigenvalue weighted by molar-refractivity contribution is 0.304. The quantitative estimate of drug-likeness (QED) is 0.679. The SMILES string of the molecule is CCCNCc1cc(Cl)cc(Cl)c1OCCCCC#N. The van der Waals surface area contributed by atoms with Crippen LogP contribution < -0.4 is 10.1 Å². The summed E-state index contributed by atoms with van der Waals surface area (Å²) < 4.78 is 5.76. The lowest BCUT2D eigenvalue weighted by Crippen LogP contribution is -2.15. The summed E-state index contributed by atoms with van der Waals surface area (Å²) >= 11 is 12.2. The van der Waals surface area contributed by atoms with E-state index >= 15 is 0 Å². The Morgan fingerprint density at radius 3 is 2.80 bits per heavy atom. The first-order valence-electron chi connectivity index (χ1n) is 6.87. The molecule has 0 spiro atoms. The lowest BCUT2D eigenvalue weighted by atomic mass is 10.2. The van der Waals surface area contributed by atoms with E-state index in [1.54, 1.807) is 6.07 Å². The van der Waals surface area contributed by atoms with Crippen molar-refractivity contribution in [3.8, 4) is 11.8 Å². The Balaban J connectivity index is 2.64. The van der Waals surface area contributed by atoms with Crippen molar-refractivity contribution < 1.29 is 4.74 Å². The predicted octanol–water partition coefficient (Wildman–Crippen LogP) is 4.57. The number of rotatable bonds is 9. The smallest absolute Gasteiger partial charge is 0.142 e. The van der Waals surface area contributed by atoms with Crippen molar-refractivity contribution in [1.82, 2.24) is 5.32 Å². The molecule has 0 amide bonds. The Bertz CT molecular complexity index is 458. The molecule has 0 aliphatic carbocycles. The van der Waals surface area contributed by atoms with Crippen molar-refractivity contribution >= 4 is 23.2 Å². The molecule has 1 aromatic carbocycles. The molecule has 1 aromatic rings. The van der Waals surface area contributed by atoms with Gasteiger partial charge in [-0.15, -0.1) is 0 Å². The normalized spacial score (nSPS) is 10.3. The molecule has 1 rings (SSSR count). The fourth-order valence-corrected chi connectivity index (χ4v) is 2.38. The maximum absolute atomic E-state index is 8.49. The van der Waals surface area contributed by atoms with Gasteiger partial charge in [0.2, 0.25) is 0 Å². The Morgan fingerprint density at radius 1 is 1.30 bits per heavy atom. The molecule has 0 fully saturated rings. The van der Waals surface area contributed by atoms with Crippen LogP contribution in [0, 0.1) is 11.3 Å². The number of hydrogen-bond donors (Lipinski definition) is 1. The summed E-state index contributed by atoms with van der Waals surface area (Å²) in [5, 5.41) is 12.9. The zero-order valence-electron chi connectivity index (χ0n) is 11.7. The summed E-state index contributed by atoms with van der Waals surface area (Å²) in [5.74, 6) is 0.691. The maximum atomic E-state index is 8.49. The number of unbranched alkanes of at least 4 members (excludes halogenated alkanes) is 2. The number of nitriles is 1. The van der Waals surface area contributed by atoms with Crippen LogP contribution in [0.25, 0.3) is 0 Å².